The SMILES string of the molecule is CC(C)(C)[Si](C)(C)OCCC#C[C@H](O)COCc1ccccc1. The molecule has 0 heterocycles. The molecule has 0 saturated heterocycles. The van der Waals surface area contributed by atoms with Gasteiger partial charge in [0.15, 0.2) is 8.32 Å². The Morgan fingerprint density at radius 3 is 2.43 bits per heavy atom. The molecule has 0 bridgehead atoms. The van der Waals surface area contributed by atoms with E-state index >= 15 is 0 Å². The Hall–Kier alpha value is -1.12. The summed E-state index contributed by atoms with van der Waals surface area (Å²) in [4.78, 5) is 0. The highest BCUT2D eigenvalue weighted by Gasteiger charge is 2.36. The molecule has 0 amide bonds. The summed E-state index contributed by atoms with van der Waals surface area (Å²) in [6.07, 6.45) is -0.103. The highest BCUT2D eigenvalue weighted by Crippen LogP contribution is 2.36. The summed E-state index contributed by atoms with van der Waals surface area (Å²) in [5.41, 5.74) is 1.09. The van der Waals surface area contributed by atoms with Gasteiger partial charge in [-0.3, -0.25) is 0 Å². The Morgan fingerprint density at radius 2 is 1.83 bits per heavy atom. The molecule has 1 atom stereocenters. The van der Waals surface area contributed by atoms with Crippen LogP contribution in [0, 0.1) is 11.8 Å². The Kier molecular flexibility index (Phi) is 8.00. The largest absolute Gasteiger partial charge is 0.416 e. The molecule has 128 valence electrons. The van der Waals surface area contributed by atoms with Crippen molar-refractivity contribution in [1.29, 1.82) is 0 Å². The van der Waals surface area contributed by atoms with E-state index in [2.05, 4.69) is 45.7 Å². The molecule has 0 aliphatic rings. The van der Waals surface area contributed by atoms with Crippen molar-refractivity contribution in [2.75, 3.05) is 13.2 Å². The maximum atomic E-state index is 9.78. The van der Waals surface area contributed by atoms with Crippen LogP contribution >= 0.6 is 0 Å². The third-order valence-electron chi connectivity index (χ3n) is 4.15. The van der Waals surface area contributed by atoms with E-state index in [1.807, 2.05) is 30.3 Å². The molecule has 1 rings (SSSR count). The van der Waals surface area contributed by atoms with Crippen molar-refractivity contribution in [3.63, 3.8) is 0 Å². The summed E-state index contributed by atoms with van der Waals surface area (Å²) in [6, 6.07) is 9.90. The van der Waals surface area contributed by atoms with Crippen molar-refractivity contribution in [3.8, 4) is 11.8 Å². The monoisotopic (exact) mass is 334 g/mol. The number of benzene rings is 1. The van der Waals surface area contributed by atoms with Gasteiger partial charge in [-0.05, 0) is 23.7 Å². The van der Waals surface area contributed by atoms with Crippen molar-refractivity contribution in [2.45, 2.75) is 58.0 Å². The second-order valence-electron chi connectivity index (χ2n) is 7.20. The molecule has 1 N–H and O–H groups in total. The average Bonchev–Trinajstić information content (AvgIpc) is 2.46. The van der Waals surface area contributed by atoms with E-state index in [9.17, 15) is 5.11 Å². The van der Waals surface area contributed by atoms with Crippen molar-refractivity contribution in [3.05, 3.63) is 35.9 Å². The fourth-order valence-electron chi connectivity index (χ4n) is 1.67. The third-order valence-corrected chi connectivity index (χ3v) is 8.69. The molecule has 0 aliphatic heterocycles. The highest BCUT2D eigenvalue weighted by atomic mass is 28.4. The van der Waals surface area contributed by atoms with E-state index in [4.69, 9.17) is 9.16 Å². The highest BCUT2D eigenvalue weighted by molar-refractivity contribution is 6.74. The number of hydrogen-bond acceptors (Lipinski definition) is 3. The van der Waals surface area contributed by atoms with Gasteiger partial charge >= 0.3 is 0 Å². The van der Waals surface area contributed by atoms with E-state index in [1.165, 1.54) is 0 Å². The fraction of sp³-hybridized carbons (Fsp3) is 0.579. The molecule has 0 saturated carbocycles. The van der Waals surface area contributed by atoms with Gasteiger partial charge in [0.25, 0.3) is 0 Å². The molecule has 3 nitrogen and oxygen atoms in total. The summed E-state index contributed by atoms with van der Waals surface area (Å²) in [7, 11) is -1.70. The Labute approximate surface area is 142 Å². The van der Waals surface area contributed by atoms with E-state index < -0.39 is 14.4 Å². The standard InChI is InChI=1S/C19H30O3Si/c1-19(2,3)23(4,5)22-14-10-9-13-18(20)16-21-15-17-11-7-6-8-12-17/h6-8,11-12,18,20H,10,14-16H2,1-5H3/t18-/m0/s1. The molecular weight excluding hydrogens is 304 g/mol. The van der Waals surface area contributed by atoms with Gasteiger partial charge in [-0.15, -0.1) is 0 Å². The first kappa shape index (κ1) is 19.9. The summed E-state index contributed by atoms with van der Waals surface area (Å²) in [5, 5.41) is 10.00. The van der Waals surface area contributed by atoms with Crippen LogP contribution < -0.4 is 0 Å². The van der Waals surface area contributed by atoms with Crippen LogP contribution in [0.15, 0.2) is 30.3 Å². The number of aliphatic hydroxyl groups excluding tert-OH is 1. The Morgan fingerprint density at radius 1 is 1.17 bits per heavy atom. The molecule has 0 aliphatic carbocycles. The minimum atomic E-state index is -1.70. The molecule has 0 radical (unpaired) electrons. The lowest BCUT2D eigenvalue weighted by Gasteiger charge is -2.35. The molecule has 4 heteroatoms. The number of hydrogen-bond donors (Lipinski definition) is 1. The zero-order chi connectivity index (χ0) is 17.3. The van der Waals surface area contributed by atoms with Crippen molar-refractivity contribution >= 4 is 8.32 Å². The summed E-state index contributed by atoms with van der Waals surface area (Å²) < 4.78 is 11.5. The van der Waals surface area contributed by atoms with Crippen LogP contribution in [0.4, 0.5) is 0 Å². The quantitative estimate of drug-likeness (QED) is 0.466. The van der Waals surface area contributed by atoms with Crippen LogP contribution in [0.3, 0.4) is 0 Å². The van der Waals surface area contributed by atoms with Crippen LogP contribution in [0.25, 0.3) is 0 Å². The summed E-state index contributed by atoms with van der Waals surface area (Å²) >= 11 is 0. The minimum absolute atomic E-state index is 0.214. The maximum absolute atomic E-state index is 9.78. The fourth-order valence-corrected chi connectivity index (χ4v) is 2.71. The maximum Gasteiger partial charge on any atom is 0.192 e. The van der Waals surface area contributed by atoms with Crippen molar-refractivity contribution < 1.29 is 14.3 Å². The van der Waals surface area contributed by atoms with Gasteiger partial charge in [-0.1, -0.05) is 62.9 Å². The minimum Gasteiger partial charge on any atom is -0.416 e. The first-order valence-corrected chi connectivity index (χ1v) is 11.1. The molecule has 0 spiro atoms. The van der Waals surface area contributed by atoms with Crippen LogP contribution in [-0.4, -0.2) is 32.7 Å². The van der Waals surface area contributed by atoms with Crippen LogP contribution in [-0.2, 0) is 15.8 Å². The molecule has 1 aromatic carbocycles. The second-order valence-corrected chi connectivity index (χ2v) is 12.0. The van der Waals surface area contributed by atoms with Crippen molar-refractivity contribution in [1.82, 2.24) is 0 Å². The van der Waals surface area contributed by atoms with E-state index in [0.717, 1.165) is 5.56 Å². The van der Waals surface area contributed by atoms with Gasteiger partial charge in [0.1, 0.15) is 6.10 Å². The average molecular weight is 335 g/mol. The van der Waals surface area contributed by atoms with E-state index in [-0.39, 0.29) is 11.6 Å². The van der Waals surface area contributed by atoms with Crippen LogP contribution in [0.2, 0.25) is 18.1 Å². The molecule has 0 unspecified atom stereocenters. The third kappa shape index (κ3) is 7.80. The first-order valence-electron chi connectivity index (χ1n) is 8.14. The lowest BCUT2D eigenvalue weighted by molar-refractivity contribution is 0.0543. The zero-order valence-corrected chi connectivity index (χ0v) is 16.1. The van der Waals surface area contributed by atoms with E-state index in [1.54, 1.807) is 0 Å². The summed E-state index contributed by atoms with van der Waals surface area (Å²) in [6.45, 7) is 12.5. The van der Waals surface area contributed by atoms with Gasteiger partial charge in [-0.2, -0.15) is 0 Å². The number of rotatable bonds is 7. The Bertz CT molecular complexity index is 509. The molecule has 0 aromatic heterocycles. The Balaban J connectivity index is 2.21. The summed E-state index contributed by atoms with van der Waals surface area (Å²) in [5.74, 6) is 5.78. The van der Waals surface area contributed by atoms with Gasteiger partial charge in [-0.25, -0.2) is 0 Å². The van der Waals surface area contributed by atoms with Gasteiger partial charge in [0.05, 0.1) is 13.2 Å². The lowest BCUT2D eigenvalue weighted by Crippen LogP contribution is -2.40. The van der Waals surface area contributed by atoms with Gasteiger partial charge in [0.2, 0.25) is 0 Å². The number of ether oxygens (including phenoxy) is 1. The normalized spacial score (nSPS) is 13.3. The predicted octanol–water partition coefficient (Wildman–Crippen LogP) is 3.98. The molecule has 1 aromatic rings. The van der Waals surface area contributed by atoms with Crippen molar-refractivity contribution in [2.24, 2.45) is 0 Å². The smallest absolute Gasteiger partial charge is 0.192 e. The first-order chi connectivity index (χ1) is 10.7. The second kappa shape index (κ2) is 9.24. The number of aliphatic hydroxyl groups is 1. The topological polar surface area (TPSA) is 38.7 Å². The van der Waals surface area contributed by atoms with Gasteiger partial charge in [0, 0.05) is 13.0 Å². The zero-order valence-electron chi connectivity index (χ0n) is 15.1. The van der Waals surface area contributed by atoms with Crippen LogP contribution in [0.5, 0.6) is 0 Å². The van der Waals surface area contributed by atoms with Crippen LogP contribution in [0.1, 0.15) is 32.8 Å². The molecule has 0 fully saturated rings. The molecular formula is C19H30O3Si. The van der Waals surface area contributed by atoms with Gasteiger partial charge < -0.3 is 14.3 Å². The van der Waals surface area contributed by atoms with E-state index in [0.29, 0.717) is 19.6 Å². The molecule has 23 heavy (non-hydrogen) atoms. The lowest BCUT2D eigenvalue weighted by atomic mass is 10.2. The predicted molar refractivity (Wildman–Crippen MR) is 97.6 cm³/mol.